The third-order valence-corrected chi connectivity index (χ3v) is 5.96. The molecular weight excluding hydrogens is 340 g/mol. The first kappa shape index (κ1) is 20.9. The first-order valence-corrected chi connectivity index (χ1v) is 11.3. The van der Waals surface area contributed by atoms with Gasteiger partial charge in [-0.1, -0.05) is 42.2 Å². The van der Waals surface area contributed by atoms with Gasteiger partial charge in [0.1, 0.15) is 0 Å². The molecular formula is C18H28N2O2S2. The maximum Gasteiger partial charge on any atom is 0.315 e. The van der Waals surface area contributed by atoms with Gasteiger partial charge in [-0.2, -0.15) is 11.8 Å². The molecule has 1 aromatic rings. The molecule has 0 aromatic heterocycles. The lowest BCUT2D eigenvalue weighted by atomic mass is 9.92. The van der Waals surface area contributed by atoms with Crippen molar-refractivity contribution in [3.8, 4) is 0 Å². The minimum absolute atomic E-state index is 0.254. The number of carbonyl (C=O) groups excluding carboxylic acids is 2. The molecule has 0 saturated carbocycles. The Hall–Kier alpha value is -1.14. The van der Waals surface area contributed by atoms with Crippen LogP contribution in [-0.2, 0) is 28.3 Å². The lowest BCUT2D eigenvalue weighted by Crippen LogP contribution is -2.31. The number of benzene rings is 1. The second-order valence-corrected chi connectivity index (χ2v) is 8.46. The van der Waals surface area contributed by atoms with Crippen LogP contribution in [0.5, 0.6) is 0 Å². The maximum absolute atomic E-state index is 12.8. The Kier molecular flexibility index (Phi) is 8.70. The van der Waals surface area contributed by atoms with Gasteiger partial charge in [-0.15, -0.1) is 4.47 Å². The highest BCUT2D eigenvalue weighted by Crippen LogP contribution is 2.21. The number of thioether (sulfide) groups is 1. The van der Waals surface area contributed by atoms with Crippen LogP contribution in [0.25, 0.3) is 0 Å². The van der Waals surface area contributed by atoms with Crippen LogP contribution in [0, 0.1) is 6.92 Å². The minimum atomic E-state index is -0.549. The molecule has 0 N–H and O–H groups in total. The minimum Gasteiger partial charge on any atom is -0.283 e. The highest BCUT2D eigenvalue weighted by atomic mass is 32.2. The van der Waals surface area contributed by atoms with Crippen molar-refractivity contribution in [2.45, 2.75) is 33.6 Å². The molecule has 1 unspecified atom stereocenters. The molecule has 0 aliphatic rings. The average molecular weight is 369 g/mol. The molecule has 6 heteroatoms. The van der Waals surface area contributed by atoms with Crippen molar-refractivity contribution in [2.24, 2.45) is 4.47 Å². The van der Waals surface area contributed by atoms with Crippen LogP contribution in [-0.4, -0.2) is 47.8 Å². The van der Waals surface area contributed by atoms with Gasteiger partial charge in [0, 0.05) is 24.1 Å². The normalized spacial score (nSPS) is 12.2. The van der Waals surface area contributed by atoms with Gasteiger partial charge in [0.25, 0.3) is 5.78 Å². The van der Waals surface area contributed by atoms with Crippen molar-refractivity contribution in [3.63, 3.8) is 0 Å². The van der Waals surface area contributed by atoms with Crippen molar-refractivity contribution < 1.29 is 9.59 Å². The van der Waals surface area contributed by atoms with Gasteiger partial charge in [-0.3, -0.25) is 9.59 Å². The van der Waals surface area contributed by atoms with E-state index < -0.39 is 11.7 Å². The van der Waals surface area contributed by atoms with Gasteiger partial charge in [-0.05, 0) is 43.4 Å². The van der Waals surface area contributed by atoms with E-state index in [2.05, 4.69) is 4.47 Å². The van der Waals surface area contributed by atoms with E-state index in [4.69, 9.17) is 0 Å². The van der Waals surface area contributed by atoms with Crippen LogP contribution in [0.15, 0.2) is 16.6 Å². The topological polar surface area (TPSA) is 49.7 Å². The van der Waals surface area contributed by atoms with Crippen molar-refractivity contribution in [1.82, 2.24) is 5.01 Å². The van der Waals surface area contributed by atoms with E-state index in [1.165, 1.54) is 5.01 Å². The number of hydrogen-bond acceptors (Lipinski definition) is 4. The summed E-state index contributed by atoms with van der Waals surface area (Å²) in [5.41, 5.74) is 3.57. The summed E-state index contributed by atoms with van der Waals surface area (Å²) in [6.45, 7) is 6.04. The van der Waals surface area contributed by atoms with Crippen molar-refractivity contribution in [1.29, 1.82) is 0 Å². The fourth-order valence-corrected chi connectivity index (χ4v) is 4.74. The number of amides is 1. The van der Waals surface area contributed by atoms with Crippen molar-refractivity contribution in [3.05, 3.63) is 34.4 Å². The molecule has 0 bridgehead atoms. The van der Waals surface area contributed by atoms with E-state index in [0.717, 1.165) is 41.0 Å². The zero-order valence-electron chi connectivity index (χ0n) is 15.5. The van der Waals surface area contributed by atoms with E-state index in [-0.39, 0.29) is 10.7 Å². The summed E-state index contributed by atoms with van der Waals surface area (Å²) in [4.78, 5) is 25.4. The third kappa shape index (κ3) is 5.45. The first-order valence-electron chi connectivity index (χ1n) is 8.13. The van der Waals surface area contributed by atoms with Crippen LogP contribution in [0.3, 0.4) is 0 Å². The molecule has 0 aliphatic carbocycles. The fourth-order valence-electron chi connectivity index (χ4n) is 2.54. The quantitative estimate of drug-likeness (QED) is 0.401. The molecule has 1 rings (SSSR count). The van der Waals surface area contributed by atoms with E-state index in [0.29, 0.717) is 5.56 Å². The molecule has 1 atom stereocenters. The SMILES string of the molecule is CCc1cc(C)cc(CC)c1C(=O)C(=O)N(C)/N=S(\C)CCSC. The summed E-state index contributed by atoms with van der Waals surface area (Å²) in [5, 5.41) is 1.23. The summed E-state index contributed by atoms with van der Waals surface area (Å²) >= 11 is 1.76. The standard InChI is InChI=1S/C18H28N2O2S2/c1-7-14-11-13(3)12-15(8-2)16(14)17(21)18(22)20(4)19-24(6)10-9-23-5/h11-12H,7-10H2,1-6H3. The summed E-state index contributed by atoms with van der Waals surface area (Å²) < 4.78 is 4.37. The maximum atomic E-state index is 12.8. The summed E-state index contributed by atoms with van der Waals surface area (Å²) in [5.74, 6) is 0.915. The van der Waals surface area contributed by atoms with Gasteiger partial charge in [0.15, 0.2) is 0 Å². The van der Waals surface area contributed by atoms with Crippen LogP contribution in [0.2, 0.25) is 0 Å². The molecule has 1 amide bonds. The van der Waals surface area contributed by atoms with Crippen LogP contribution < -0.4 is 0 Å². The Morgan fingerprint density at radius 2 is 1.75 bits per heavy atom. The van der Waals surface area contributed by atoms with Crippen LogP contribution in [0.4, 0.5) is 0 Å². The summed E-state index contributed by atoms with van der Waals surface area (Å²) in [6.07, 6.45) is 5.50. The van der Waals surface area contributed by atoms with Gasteiger partial charge in [0.05, 0.1) is 0 Å². The van der Waals surface area contributed by atoms with Crippen molar-refractivity contribution in [2.75, 3.05) is 31.1 Å². The molecule has 0 saturated heterocycles. The summed E-state index contributed by atoms with van der Waals surface area (Å²) in [7, 11) is 1.32. The second kappa shape index (κ2) is 9.99. The highest BCUT2D eigenvalue weighted by molar-refractivity contribution is 7.99. The number of aryl methyl sites for hydroxylation is 3. The Bertz CT molecular complexity index is 617. The number of Topliss-reactive ketones (excluding diaryl/α,β-unsaturated/α-hetero) is 1. The van der Waals surface area contributed by atoms with E-state index >= 15 is 0 Å². The number of ketones is 1. The smallest absolute Gasteiger partial charge is 0.283 e. The number of likely N-dealkylation sites (N-methyl/N-ethyl adjacent to an activating group) is 1. The predicted molar refractivity (Wildman–Crippen MR) is 106 cm³/mol. The molecule has 0 spiro atoms. The average Bonchev–Trinajstić information content (AvgIpc) is 2.57. The highest BCUT2D eigenvalue weighted by Gasteiger charge is 2.25. The molecule has 0 radical (unpaired) electrons. The van der Waals surface area contributed by atoms with E-state index in [1.807, 2.05) is 45.4 Å². The number of nitrogens with zero attached hydrogens (tertiary/aromatic N) is 2. The zero-order chi connectivity index (χ0) is 18.3. The fraction of sp³-hybridized carbons (Fsp3) is 0.556. The van der Waals surface area contributed by atoms with Gasteiger partial charge in [0.2, 0.25) is 0 Å². The van der Waals surface area contributed by atoms with Crippen molar-refractivity contribution >= 4 is 34.1 Å². The molecule has 134 valence electrons. The summed E-state index contributed by atoms with van der Waals surface area (Å²) in [6, 6.07) is 4.00. The molecule has 0 heterocycles. The van der Waals surface area contributed by atoms with Crippen LogP contribution >= 0.6 is 11.8 Å². The Morgan fingerprint density at radius 1 is 1.21 bits per heavy atom. The molecule has 24 heavy (non-hydrogen) atoms. The van der Waals surface area contributed by atoms with Gasteiger partial charge < -0.3 is 0 Å². The number of rotatable bonds is 8. The predicted octanol–water partition coefficient (Wildman–Crippen LogP) is 3.47. The molecule has 1 aromatic carbocycles. The van der Waals surface area contributed by atoms with E-state index in [1.54, 1.807) is 18.8 Å². The molecule has 0 aliphatic heterocycles. The monoisotopic (exact) mass is 368 g/mol. The Balaban J connectivity index is 3.11. The van der Waals surface area contributed by atoms with Gasteiger partial charge in [-0.25, -0.2) is 5.01 Å². The van der Waals surface area contributed by atoms with Crippen LogP contribution in [0.1, 0.15) is 40.9 Å². The molecule has 4 nitrogen and oxygen atoms in total. The first-order chi connectivity index (χ1) is 11.3. The zero-order valence-corrected chi connectivity index (χ0v) is 17.1. The van der Waals surface area contributed by atoms with E-state index in [9.17, 15) is 9.59 Å². The number of carbonyl (C=O) groups is 2. The lowest BCUT2D eigenvalue weighted by Gasteiger charge is -2.16. The van der Waals surface area contributed by atoms with Gasteiger partial charge >= 0.3 is 5.91 Å². The lowest BCUT2D eigenvalue weighted by molar-refractivity contribution is -0.125. The Labute approximate surface area is 152 Å². The molecule has 0 fully saturated rings. The Morgan fingerprint density at radius 3 is 2.21 bits per heavy atom. The second-order valence-electron chi connectivity index (χ2n) is 5.70. The largest absolute Gasteiger partial charge is 0.315 e. The number of hydrogen-bond donors (Lipinski definition) is 0. The third-order valence-electron chi connectivity index (χ3n) is 3.77.